The van der Waals surface area contributed by atoms with E-state index in [1.54, 1.807) is 0 Å². The molecule has 5 nitrogen and oxygen atoms in total. The van der Waals surface area contributed by atoms with Gasteiger partial charge in [-0.05, 0) is 25.0 Å². The number of carbonyl (C=O) groups is 1. The fourth-order valence-electron chi connectivity index (χ4n) is 2.94. The Hall–Kier alpha value is -2.01. The van der Waals surface area contributed by atoms with Crippen LogP contribution >= 0.6 is 0 Å². The number of rotatable bonds is 4. The number of hydrogen-bond acceptors (Lipinski definition) is 4. The lowest BCUT2D eigenvalue weighted by Crippen LogP contribution is -2.38. The Morgan fingerprint density at radius 2 is 1.95 bits per heavy atom. The number of hydrogen-bond donors (Lipinski definition) is 2. The molecule has 0 radical (unpaired) electrons. The number of carbonyl (C=O) groups excluding carboxylic acids is 1. The molecule has 2 aromatic rings. The average molecular weight is 285 g/mol. The molecule has 0 aliphatic heterocycles. The van der Waals surface area contributed by atoms with Gasteiger partial charge in [-0.25, -0.2) is 4.98 Å². The van der Waals surface area contributed by atoms with Gasteiger partial charge in [0.05, 0.1) is 23.8 Å². The maximum Gasteiger partial charge on any atom is 0.271 e. The third kappa shape index (κ3) is 2.88. The molecule has 21 heavy (non-hydrogen) atoms. The minimum atomic E-state index is -0.229. The van der Waals surface area contributed by atoms with E-state index >= 15 is 0 Å². The van der Waals surface area contributed by atoms with Crippen LogP contribution in [0.4, 0.5) is 0 Å². The van der Waals surface area contributed by atoms with E-state index in [-0.39, 0.29) is 17.9 Å². The van der Waals surface area contributed by atoms with Crippen LogP contribution in [0.2, 0.25) is 0 Å². The van der Waals surface area contributed by atoms with Crippen LogP contribution in [0.25, 0.3) is 11.0 Å². The fourth-order valence-corrected chi connectivity index (χ4v) is 2.94. The molecule has 0 spiro atoms. The van der Waals surface area contributed by atoms with Gasteiger partial charge in [-0.1, -0.05) is 25.0 Å². The molecule has 0 bridgehead atoms. The lowest BCUT2D eigenvalue weighted by molar-refractivity contribution is 0.0876. The van der Waals surface area contributed by atoms with E-state index in [0.717, 1.165) is 31.2 Å². The van der Waals surface area contributed by atoms with Gasteiger partial charge in [-0.3, -0.25) is 9.78 Å². The highest BCUT2D eigenvalue weighted by Crippen LogP contribution is 2.36. The first-order chi connectivity index (χ1) is 10.2. The fraction of sp³-hybridized carbons (Fsp3) is 0.438. The van der Waals surface area contributed by atoms with Crippen LogP contribution in [0.5, 0.6) is 0 Å². The Kier molecular flexibility index (Phi) is 3.84. The maximum atomic E-state index is 12.2. The molecule has 0 atom stereocenters. The molecule has 1 saturated carbocycles. The molecule has 110 valence electrons. The van der Waals surface area contributed by atoms with Crippen molar-refractivity contribution in [3.8, 4) is 0 Å². The Morgan fingerprint density at radius 3 is 2.67 bits per heavy atom. The molecule has 3 rings (SSSR count). The molecule has 1 aliphatic carbocycles. The van der Waals surface area contributed by atoms with Crippen LogP contribution in [0.3, 0.4) is 0 Å². The second-order valence-corrected chi connectivity index (χ2v) is 5.79. The molecule has 5 heteroatoms. The summed E-state index contributed by atoms with van der Waals surface area (Å²) in [5.41, 5.74) is 1.65. The number of aliphatic hydroxyl groups is 1. The average Bonchev–Trinajstić information content (AvgIpc) is 3.01. The van der Waals surface area contributed by atoms with Crippen molar-refractivity contribution in [2.45, 2.75) is 25.7 Å². The molecular weight excluding hydrogens is 266 g/mol. The number of nitrogens with one attached hydrogen (secondary N) is 1. The zero-order valence-electron chi connectivity index (χ0n) is 11.9. The summed E-state index contributed by atoms with van der Waals surface area (Å²) in [7, 11) is 0. The number of benzene rings is 1. The van der Waals surface area contributed by atoms with Crippen molar-refractivity contribution in [1.82, 2.24) is 15.3 Å². The van der Waals surface area contributed by atoms with Gasteiger partial charge in [0.1, 0.15) is 5.69 Å². The number of aliphatic hydroxyl groups excluding tert-OH is 1. The molecule has 1 amide bonds. The predicted octanol–water partition coefficient (Wildman–Crippen LogP) is 1.91. The second kappa shape index (κ2) is 5.77. The van der Waals surface area contributed by atoms with Gasteiger partial charge < -0.3 is 10.4 Å². The van der Waals surface area contributed by atoms with E-state index < -0.39 is 0 Å². The van der Waals surface area contributed by atoms with Gasteiger partial charge in [0, 0.05) is 12.0 Å². The largest absolute Gasteiger partial charge is 0.396 e. The predicted molar refractivity (Wildman–Crippen MR) is 79.9 cm³/mol. The van der Waals surface area contributed by atoms with E-state index in [1.165, 1.54) is 6.20 Å². The van der Waals surface area contributed by atoms with Gasteiger partial charge in [0.15, 0.2) is 0 Å². The Balaban J connectivity index is 1.71. The highest BCUT2D eigenvalue weighted by atomic mass is 16.3. The summed E-state index contributed by atoms with van der Waals surface area (Å²) in [5.74, 6) is -0.229. The van der Waals surface area contributed by atoms with E-state index in [2.05, 4.69) is 15.3 Å². The molecule has 1 aromatic carbocycles. The smallest absolute Gasteiger partial charge is 0.271 e. The molecule has 0 unspecified atom stereocenters. The van der Waals surface area contributed by atoms with Crippen molar-refractivity contribution in [1.29, 1.82) is 0 Å². The van der Waals surface area contributed by atoms with Crippen molar-refractivity contribution in [2.24, 2.45) is 5.41 Å². The Morgan fingerprint density at radius 1 is 1.24 bits per heavy atom. The molecule has 1 heterocycles. The first kappa shape index (κ1) is 13.9. The molecular formula is C16H19N3O2. The van der Waals surface area contributed by atoms with Crippen molar-refractivity contribution in [3.63, 3.8) is 0 Å². The topological polar surface area (TPSA) is 75.1 Å². The van der Waals surface area contributed by atoms with Crippen molar-refractivity contribution < 1.29 is 9.90 Å². The monoisotopic (exact) mass is 285 g/mol. The maximum absolute atomic E-state index is 12.2. The minimum absolute atomic E-state index is 0.122. The van der Waals surface area contributed by atoms with Crippen molar-refractivity contribution >= 4 is 16.9 Å². The van der Waals surface area contributed by atoms with Gasteiger partial charge in [0.2, 0.25) is 0 Å². The second-order valence-electron chi connectivity index (χ2n) is 5.79. The van der Waals surface area contributed by atoms with Gasteiger partial charge >= 0.3 is 0 Å². The highest BCUT2D eigenvalue weighted by molar-refractivity contribution is 5.93. The zero-order valence-corrected chi connectivity index (χ0v) is 11.9. The molecule has 1 aliphatic rings. The summed E-state index contributed by atoms with van der Waals surface area (Å²) in [6.07, 6.45) is 5.66. The molecule has 0 saturated heterocycles. The third-order valence-electron chi connectivity index (χ3n) is 4.30. The summed E-state index contributed by atoms with van der Waals surface area (Å²) >= 11 is 0. The number of aromatic nitrogens is 2. The Labute approximate surface area is 123 Å². The summed E-state index contributed by atoms with van der Waals surface area (Å²) < 4.78 is 0. The number of para-hydroxylation sites is 2. The molecule has 2 N–H and O–H groups in total. The number of fused-ring (bicyclic) bond motifs is 1. The van der Waals surface area contributed by atoms with Crippen LogP contribution in [0, 0.1) is 5.41 Å². The SMILES string of the molecule is O=C(NCC1(CO)CCCC1)c1cnc2ccccc2n1. The van der Waals surface area contributed by atoms with E-state index in [4.69, 9.17) is 0 Å². The van der Waals surface area contributed by atoms with Gasteiger partial charge in [-0.2, -0.15) is 0 Å². The van der Waals surface area contributed by atoms with Crippen molar-refractivity contribution in [3.05, 3.63) is 36.2 Å². The van der Waals surface area contributed by atoms with Crippen LogP contribution in [-0.4, -0.2) is 34.1 Å². The normalized spacial score (nSPS) is 17.0. The number of amides is 1. The van der Waals surface area contributed by atoms with E-state index in [0.29, 0.717) is 17.8 Å². The quantitative estimate of drug-likeness (QED) is 0.900. The van der Waals surface area contributed by atoms with Crippen LogP contribution in [-0.2, 0) is 0 Å². The summed E-state index contributed by atoms with van der Waals surface area (Å²) in [4.78, 5) is 20.8. The Bertz CT molecular complexity index is 651. The molecule has 1 aromatic heterocycles. The third-order valence-corrected chi connectivity index (χ3v) is 4.30. The van der Waals surface area contributed by atoms with Crippen LogP contribution in [0.15, 0.2) is 30.5 Å². The van der Waals surface area contributed by atoms with Crippen molar-refractivity contribution in [2.75, 3.05) is 13.2 Å². The standard InChI is InChI=1S/C16H19N3O2/c20-11-16(7-3-4-8-16)10-18-15(21)14-9-17-12-5-1-2-6-13(12)19-14/h1-2,5-6,9,20H,3-4,7-8,10-11H2,(H,18,21). The lowest BCUT2D eigenvalue weighted by atomic mass is 9.87. The van der Waals surface area contributed by atoms with E-state index in [1.807, 2.05) is 24.3 Å². The van der Waals surface area contributed by atoms with Gasteiger partial charge in [-0.15, -0.1) is 0 Å². The molecule has 1 fully saturated rings. The first-order valence-corrected chi connectivity index (χ1v) is 7.33. The lowest BCUT2D eigenvalue weighted by Gasteiger charge is -2.26. The number of nitrogens with zero attached hydrogens (tertiary/aromatic N) is 2. The summed E-state index contributed by atoms with van der Waals surface area (Å²) in [6, 6.07) is 7.47. The van der Waals surface area contributed by atoms with E-state index in [9.17, 15) is 9.90 Å². The summed E-state index contributed by atoms with van der Waals surface area (Å²) in [5, 5.41) is 12.5. The summed E-state index contributed by atoms with van der Waals surface area (Å²) in [6.45, 7) is 0.619. The van der Waals surface area contributed by atoms with Gasteiger partial charge in [0.25, 0.3) is 5.91 Å². The zero-order chi connectivity index (χ0) is 14.7. The minimum Gasteiger partial charge on any atom is -0.396 e. The van der Waals surface area contributed by atoms with Crippen LogP contribution < -0.4 is 5.32 Å². The highest BCUT2D eigenvalue weighted by Gasteiger charge is 2.33. The van der Waals surface area contributed by atoms with Crippen LogP contribution in [0.1, 0.15) is 36.2 Å². The first-order valence-electron chi connectivity index (χ1n) is 7.33.